The van der Waals surface area contributed by atoms with E-state index in [0.717, 1.165) is 21.0 Å². The van der Waals surface area contributed by atoms with Crippen molar-refractivity contribution in [3.05, 3.63) is 83.4 Å². The molecule has 0 unspecified atom stereocenters. The van der Waals surface area contributed by atoms with Crippen LogP contribution in [0.25, 0.3) is 0 Å². The maximum absolute atomic E-state index is 13.5. The highest BCUT2D eigenvalue weighted by Gasteiger charge is 2.28. The average Bonchev–Trinajstić information content (AvgIpc) is 2.82. The van der Waals surface area contributed by atoms with E-state index in [0.29, 0.717) is 17.2 Å². The highest BCUT2D eigenvalue weighted by molar-refractivity contribution is 7.92. The second-order valence-electron chi connectivity index (χ2n) is 8.07. The summed E-state index contributed by atoms with van der Waals surface area (Å²) in [6.45, 7) is 5.22. The van der Waals surface area contributed by atoms with Crippen molar-refractivity contribution in [2.24, 2.45) is 0 Å². The van der Waals surface area contributed by atoms with Gasteiger partial charge in [-0.05, 0) is 68.3 Å². The van der Waals surface area contributed by atoms with Crippen LogP contribution in [0.5, 0.6) is 11.5 Å². The van der Waals surface area contributed by atoms with E-state index >= 15 is 0 Å². The molecule has 0 aliphatic rings. The van der Waals surface area contributed by atoms with Crippen LogP contribution in [0.3, 0.4) is 0 Å². The zero-order valence-corrected chi connectivity index (χ0v) is 20.8. The molecule has 1 N–H and O–H groups in total. The SMILES string of the molecule is COc1ccc([C@@H](C)NC(=O)CN(c2cccc(C)c2)S(=O)(=O)c2ccc(C)cc2)cc1OC. The molecule has 0 aromatic heterocycles. The normalized spacial score (nSPS) is 12.0. The molecule has 0 heterocycles. The van der Waals surface area contributed by atoms with Crippen LogP contribution in [0.4, 0.5) is 5.69 Å². The lowest BCUT2D eigenvalue weighted by molar-refractivity contribution is -0.120. The van der Waals surface area contributed by atoms with Crippen LogP contribution in [-0.4, -0.2) is 35.1 Å². The van der Waals surface area contributed by atoms with Crippen molar-refractivity contribution < 1.29 is 22.7 Å². The summed E-state index contributed by atoms with van der Waals surface area (Å²) in [5, 5.41) is 2.89. The van der Waals surface area contributed by atoms with Crippen molar-refractivity contribution >= 4 is 21.6 Å². The van der Waals surface area contributed by atoms with E-state index in [1.165, 1.54) is 0 Å². The number of nitrogens with zero attached hydrogens (tertiary/aromatic N) is 1. The summed E-state index contributed by atoms with van der Waals surface area (Å²) in [4.78, 5) is 13.2. The number of amides is 1. The topological polar surface area (TPSA) is 84.9 Å². The van der Waals surface area contributed by atoms with E-state index in [1.807, 2.05) is 32.9 Å². The predicted molar refractivity (Wildman–Crippen MR) is 133 cm³/mol. The van der Waals surface area contributed by atoms with Gasteiger partial charge in [0.1, 0.15) is 6.54 Å². The number of sulfonamides is 1. The summed E-state index contributed by atoms with van der Waals surface area (Å²) in [5.41, 5.74) is 3.06. The predicted octanol–water partition coefficient (Wildman–Crippen LogP) is 4.39. The molecule has 8 heteroatoms. The number of carbonyl (C=O) groups is 1. The van der Waals surface area contributed by atoms with Crippen molar-refractivity contribution in [2.75, 3.05) is 25.1 Å². The maximum atomic E-state index is 13.5. The van der Waals surface area contributed by atoms with E-state index in [9.17, 15) is 13.2 Å². The molecular weight excluding hydrogens is 452 g/mol. The molecule has 0 spiro atoms. The fourth-order valence-electron chi connectivity index (χ4n) is 3.56. The van der Waals surface area contributed by atoms with E-state index in [4.69, 9.17) is 9.47 Å². The second kappa shape index (κ2) is 10.6. The minimum atomic E-state index is -3.97. The number of hydrogen-bond acceptors (Lipinski definition) is 5. The van der Waals surface area contributed by atoms with Crippen molar-refractivity contribution in [3.63, 3.8) is 0 Å². The van der Waals surface area contributed by atoms with Gasteiger partial charge in [-0.25, -0.2) is 8.42 Å². The van der Waals surface area contributed by atoms with E-state index in [1.54, 1.807) is 68.8 Å². The first-order valence-corrected chi connectivity index (χ1v) is 12.3. The van der Waals surface area contributed by atoms with Crippen LogP contribution >= 0.6 is 0 Å². The van der Waals surface area contributed by atoms with Crippen LogP contribution in [0, 0.1) is 13.8 Å². The summed E-state index contributed by atoms with van der Waals surface area (Å²) in [7, 11) is -0.872. The molecule has 0 radical (unpaired) electrons. The molecule has 0 aliphatic carbocycles. The molecule has 0 saturated carbocycles. The first-order valence-electron chi connectivity index (χ1n) is 10.8. The Morgan fingerprint density at radius 1 is 0.912 bits per heavy atom. The summed E-state index contributed by atoms with van der Waals surface area (Å²) in [6.07, 6.45) is 0. The molecule has 3 aromatic carbocycles. The van der Waals surface area contributed by atoms with Crippen molar-refractivity contribution in [2.45, 2.75) is 31.7 Å². The third kappa shape index (κ3) is 5.69. The van der Waals surface area contributed by atoms with Gasteiger partial charge >= 0.3 is 0 Å². The van der Waals surface area contributed by atoms with Gasteiger partial charge in [-0.15, -0.1) is 0 Å². The summed E-state index contributed by atoms with van der Waals surface area (Å²) in [6, 6.07) is 18.6. The van der Waals surface area contributed by atoms with Gasteiger partial charge in [0.2, 0.25) is 5.91 Å². The minimum Gasteiger partial charge on any atom is -0.493 e. The van der Waals surface area contributed by atoms with Gasteiger partial charge in [-0.2, -0.15) is 0 Å². The Hall–Kier alpha value is -3.52. The lowest BCUT2D eigenvalue weighted by Gasteiger charge is -2.25. The minimum absolute atomic E-state index is 0.125. The zero-order valence-electron chi connectivity index (χ0n) is 20.0. The number of benzene rings is 3. The first kappa shape index (κ1) is 25.1. The molecular formula is C26H30N2O5S. The number of anilines is 1. The van der Waals surface area contributed by atoms with Crippen molar-refractivity contribution in [1.82, 2.24) is 5.32 Å². The number of rotatable bonds is 9. The van der Waals surface area contributed by atoms with Crippen molar-refractivity contribution in [3.8, 4) is 11.5 Å². The van der Waals surface area contributed by atoms with Crippen LogP contribution < -0.4 is 19.1 Å². The van der Waals surface area contributed by atoms with E-state index in [-0.39, 0.29) is 17.5 Å². The number of ether oxygens (including phenoxy) is 2. The Labute approximate surface area is 201 Å². The average molecular weight is 483 g/mol. The van der Waals surface area contributed by atoms with Gasteiger partial charge in [0.15, 0.2) is 11.5 Å². The lowest BCUT2D eigenvalue weighted by Crippen LogP contribution is -2.41. The Balaban J connectivity index is 1.88. The molecule has 1 atom stereocenters. The van der Waals surface area contributed by atoms with Gasteiger partial charge in [0.05, 0.1) is 30.8 Å². The van der Waals surface area contributed by atoms with Gasteiger partial charge in [0, 0.05) is 0 Å². The number of methoxy groups -OCH3 is 2. The molecule has 3 rings (SSSR count). The van der Waals surface area contributed by atoms with Gasteiger partial charge in [-0.3, -0.25) is 9.10 Å². The number of carbonyl (C=O) groups excluding carboxylic acids is 1. The van der Waals surface area contributed by atoms with Crippen molar-refractivity contribution in [1.29, 1.82) is 0 Å². The molecule has 3 aromatic rings. The monoisotopic (exact) mass is 482 g/mol. The van der Waals surface area contributed by atoms with Crippen LogP contribution in [0.15, 0.2) is 71.6 Å². The fourth-order valence-corrected chi connectivity index (χ4v) is 4.97. The van der Waals surface area contributed by atoms with Crippen LogP contribution in [0.1, 0.15) is 29.7 Å². The lowest BCUT2D eigenvalue weighted by atomic mass is 10.1. The number of nitrogens with one attached hydrogen (secondary N) is 1. The highest BCUT2D eigenvalue weighted by Crippen LogP contribution is 2.30. The molecule has 0 aliphatic heterocycles. The third-order valence-corrected chi connectivity index (χ3v) is 7.26. The molecule has 0 saturated heterocycles. The van der Waals surface area contributed by atoms with Gasteiger partial charge < -0.3 is 14.8 Å². The Morgan fingerprint density at radius 2 is 1.59 bits per heavy atom. The Morgan fingerprint density at radius 3 is 2.21 bits per heavy atom. The second-order valence-corrected chi connectivity index (χ2v) is 9.93. The Bertz CT molecular complexity index is 1260. The quantitative estimate of drug-likeness (QED) is 0.489. The standard InChI is InChI=1S/C26H30N2O5S/c1-18-9-12-23(13-10-18)34(30,31)28(22-8-6-7-19(2)15-22)17-26(29)27-20(3)21-11-14-24(32-4)25(16-21)33-5/h6-16,20H,17H2,1-5H3,(H,27,29)/t20-/m1/s1. The molecule has 0 bridgehead atoms. The van der Waals surface area contributed by atoms with Gasteiger partial charge in [0.25, 0.3) is 10.0 Å². The number of hydrogen-bond donors (Lipinski definition) is 1. The summed E-state index contributed by atoms with van der Waals surface area (Å²) >= 11 is 0. The van der Waals surface area contributed by atoms with Gasteiger partial charge in [-0.1, -0.05) is 35.9 Å². The molecule has 180 valence electrons. The van der Waals surface area contributed by atoms with E-state index in [2.05, 4.69) is 5.32 Å². The maximum Gasteiger partial charge on any atom is 0.264 e. The number of aryl methyl sites for hydroxylation is 2. The summed E-state index contributed by atoms with van der Waals surface area (Å²) in [5.74, 6) is 0.698. The largest absolute Gasteiger partial charge is 0.493 e. The first-order chi connectivity index (χ1) is 16.1. The van der Waals surface area contributed by atoms with E-state index < -0.39 is 15.9 Å². The van der Waals surface area contributed by atoms with Crippen LogP contribution in [0.2, 0.25) is 0 Å². The molecule has 1 amide bonds. The molecule has 0 fully saturated rings. The highest BCUT2D eigenvalue weighted by atomic mass is 32.2. The summed E-state index contributed by atoms with van der Waals surface area (Å²) < 4.78 is 38.8. The zero-order chi connectivity index (χ0) is 24.9. The smallest absolute Gasteiger partial charge is 0.264 e. The van der Waals surface area contributed by atoms with Crippen LogP contribution in [-0.2, 0) is 14.8 Å². The molecule has 7 nitrogen and oxygen atoms in total. The molecule has 34 heavy (non-hydrogen) atoms. The Kier molecular flexibility index (Phi) is 7.83. The fraction of sp³-hybridized carbons (Fsp3) is 0.269. The third-order valence-electron chi connectivity index (χ3n) is 5.47.